The van der Waals surface area contributed by atoms with Crippen molar-refractivity contribution >= 4 is 5.97 Å². The van der Waals surface area contributed by atoms with Crippen molar-refractivity contribution in [3.05, 3.63) is 12.3 Å². The predicted octanol–water partition coefficient (Wildman–Crippen LogP) is -0.252. The Morgan fingerprint density at radius 2 is 1.23 bits per heavy atom. The van der Waals surface area contributed by atoms with Crippen molar-refractivity contribution in [2.24, 2.45) is 0 Å². The highest BCUT2D eigenvalue weighted by molar-refractivity contribution is 5.85. The molecule has 0 saturated heterocycles. The van der Waals surface area contributed by atoms with E-state index in [0.29, 0.717) is 46.2 Å². The van der Waals surface area contributed by atoms with E-state index in [0.717, 1.165) is 0 Å². The van der Waals surface area contributed by atoms with Gasteiger partial charge in [0.2, 0.25) is 0 Å². The normalized spacial score (nSPS) is 10.5. The van der Waals surface area contributed by atoms with Crippen LogP contribution in [0, 0.1) is 0 Å². The van der Waals surface area contributed by atoms with Crippen LogP contribution in [0.1, 0.15) is 0 Å². The van der Waals surface area contributed by atoms with Gasteiger partial charge in [-0.25, -0.2) is 4.79 Å². The van der Waals surface area contributed by atoms with Crippen LogP contribution in [0.15, 0.2) is 12.3 Å². The van der Waals surface area contributed by atoms with Crippen molar-refractivity contribution < 1.29 is 38.3 Å². The zero-order valence-corrected chi connectivity index (χ0v) is 13.1. The van der Waals surface area contributed by atoms with E-state index in [9.17, 15) is 4.79 Å². The highest BCUT2D eigenvalue weighted by Crippen LogP contribution is 1.94. The molecule has 0 aliphatic carbocycles. The van der Waals surface area contributed by atoms with Crippen LogP contribution in [-0.4, -0.2) is 84.3 Å². The molecule has 0 radical (unpaired) electrons. The van der Waals surface area contributed by atoms with Crippen molar-refractivity contribution in [2.75, 3.05) is 73.2 Å². The van der Waals surface area contributed by atoms with E-state index in [2.05, 4.69) is 11.3 Å². The van der Waals surface area contributed by atoms with Crippen LogP contribution in [0.2, 0.25) is 0 Å². The van der Waals surface area contributed by atoms with E-state index in [4.69, 9.17) is 28.8 Å². The molecule has 0 fully saturated rings. The van der Waals surface area contributed by atoms with Gasteiger partial charge in [0.15, 0.2) is 5.76 Å². The molecule has 0 spiro atoms. The Kier molecular flexibility index (Phi) is 15.3. The molecule has 0 atom stereocenters. The second-order valence-corrected chi connectivity index (χ2v) is 3.94. The van der Waals surface area contributed by atoms with Gasteiger partial charge >= 0.3 is 5.97 Å². The lowest BCUT2D eigenvalue weighted by Crippen LogP contribution is -2.15. The first-order chi connectivity index (χ1) is 10.7. The standard InChI is InChI=1S/C14H26O8/c1-13(17-2)14(16)22-12-11-21-10-9-20-8-7-19-6-5-18-4-3-15/h15H,1,3-12H2,2H3. The Hall–Kier alpha value is -1.19. The maximum absolute atomic E-state index is 11.1. The minimum absolute atomic E-state index is 0.0173. The van der Waals surface area contributed by atoms with Crippen molar-refractivity contribution in [1.29, 1.82) is 0 Å². The van der Waals surface area contributed by atoms with Crippen molar-refractivity contribution in [1.82, 2.24) is 0 Å². The van der Waals surface area contributed by atoms with Gasteiger partial charge in [0.1, 0.15) is 6.61 Å². The molecular formula is C14H26O8. The molecule has 0 bridgehead atoms. The predicted molar refractivity (Wildman–Crippen MR) is 77.5 cm³/mol. The van der Waals surface area contributed by atoms with Gasteiger partial charge in [-0.1, -0.05) is 0 Å². The molecule has 0 heterocycles. The van der Waals surface area contributed by atoms with Gasteiger partial charge in [-0.2, -0.15) is 0 Å². The zero-order chi connectivity index (χ0) is 16.5. The van der Waals surface area contributed by atoms with Crippen molar-refractivity contribution in [3.63, 3.8) is 0 Å². The number of rotatable bonds is 16. The highest BCUT2D eigenvalue weighted by Gasteiger charge is 2.07. The van der Waals surface area contributed by atoms with Crippen molar-refractivity contribution in [3.8, 4) is 0 Å². The maximum Gasteiger partial charge on any atom is 0.373 e. The van der Waals surface area contributed by atoms with E-state index in [1.54, 1.807) is 0 Å². The van der Waals surface area contributed by atoms with Gasteiger partial charge in [0, 0.05) is 0 Å². The first kappa shape index (κ1) is 20.8. The third-order valence-electron chi connectivity index (χ3n) is 2.29. The molecular weight excluding hydrogens is 296 g/mol. The summed E-state index contributed by atoms with van der Waals surface area (Å²) in [5.41, 5.74) is 0. The lowest BCUT2D eigenvalue weighted by atomic mass is 10.6. The van der Waals surface area contributed by atoms with Gasteiger partial charge in [0.05, 0.1) is 66.6 Å². The molecule has 0 unspecified atom stereocenters. The Morgan fingerprint density at radius 1 is 0.818 bits per heavy atom. The summed E-state index contributed by atoms with van der Waals surface area (Å²) >= 11 is 0. The molecule has 22 heavy (non-hydrogen) atoms. The fraction of sp³-hybridized carbons (Fsp3) is 0.786. The minimum atomic E-state index is -0.595. The third kappa shape index (κ3) is 13.8. The summed E-state index contributed by atoms with van der Waals surface area (Å²) in [6, 6.07) is 0. The maximum atomic E-state index is 11.1. The van der Waals surface area contributed by atoms with Gasteiger partial charge in [-0.15, -0.1) is 0 Å². The van der Waals surface area contributed by atoms with Gasteiger partial charge < -0.3 is 33.5 Å². The molecule has 0 rings (SSSR count). The van der Waals surface area contributed by atoms with Crippen LogP contribution in [0.3, 0.4) is 0 Å². The fourth-order valence-electron chi connectivity index (χ4n) is 1.18. The fourth-order valence-corrected chi connectivity index (χ4v) is 1.18. The average molecular weight is 322 g/mol. The van der Waals surface area contributed by atoms with E-state index in [1.807, 2.05) is 0 Å². The Balaban J connectivity index is 3.11. The molecule has 0 amide bonds. The number of ether oxygens (including phenoxy) is 6. The van der Waals surface area contributed by atoms with Crippen LogP contribution in [0.25, 0.3) is 0 Å². The number of aliphatic hydroxyl groups is 1. The van der Waals surface area contributed by atoms with Gasteiger partial charge in [0.25, 0.3) is 0 Å². The number of methoxy groups -OCH3 is 1. The Morgan fingerprint density at radius 3 is 1.64 bits per heavy atom. The average Bonchev–Trinajstić information content (AvgIpc) is 2.54. The highest BCUT2D eigenvalue weighted by atomic mass is 16.6. The molecule has 0 aromatic carbocycles. The molecule has 0 aromatic heterocycles. The summed E-state index contributed by atoms with van der Waals surface area (Å²) in [6.45, 7) is 6.83. The molecule has 0 aromatic rings. The van der Waals surface area contributed by atoms with E-state index >= 15 is 0 Å². The van der Waals surface area contributed by atoms with Gasteiger partial charge in [-0.3, -0.25) is 0 Å². The number of hydrogen-bond acceptors (Lipinski definition) is 8. The first-order valence-corrected chi connectivity index (χ1v) is 7.04. The van der Waals surface area contributed by atoms with E-state index in [-0.39, 0.29) is 25.6 Å². The van der Waals surface area contributed by atoms with Crippen LogP contribution < -0.4 is 0 Å². The van der Waals surface area contributed by atoms with Crippen LogP contribution in [0.5, 0.6) is 0 Å². The van der Waals surface area contributed by atoms with Crippen LogP contribution in [-0.2, 0) is 33.2 Å². The second kappa shape index (κ2) is 16.2. The Bertz CT molecular complexity index is 282. The van der Waals surface area contributed by atoms with Crippen LogP contribution in [0.4, 0.5) is 0 Å². The summed E-state index contributed by atoms with van der Waals surface area (Å²) in [5, 5.41) is 8.47. The summed E-state index contributed by atoms with van der Waals surface area (Å²) < 4.78 is 30.2. The Labute approximate surface area is 130 Å². The minimum Gasteiger partial charge on any atom is -0.490 e. The molecule has 8 nitrogen and oxygen atoms in total. The summed E-state index contributed by atoms with van der Waals surface area (Å²) in [6.07, 6.45) is 0. The monoisotopic (exact) mass is 322 g/mol. The molecule has 0 aliphatic heterocycles. The molecule has 130 valence electrons. The molecule has 1 N–H and O–H groups in total. The van der Waals surface area contributed by atoms with E-state index < -0.39 is 5.97 Å². The smallest absolute Gasteiger partial charge is 0.373 e. The number of aliphatic hydroxyl groups excluding tert-OH is 1. The molecule has 8 heteroatoms. The second-order valence-electron chi connectivity index (χ2n) is 3.94. The SMILES string of the molecule is C=C(OC)C(=O)OCCOCCOCCOCCOCCO. The first-order valence-electron chi connectivity index (χ1n) is 7.04. The van der Waals surface area contributed by atoms with Crippen molar-refractivity contribution in [2.45, 2.75) is 0 Å². The quantitative estimate of drug-likeness (QED) is 0.180. The number of esters is 1. The molecule has 0 saturated carbocycles. The number of carbonyl (C=O) groups is 1. The van der Waals surface area contributed by atoms with Crippen LogP contribution >= 0.6 is 0 Å². The lowest BCUT2D eigenvalue weighted by molar-refractivity contribution is -0.144. The third-order valence-corrected chi connectivity index (χ3v) is 2.29. The molecule has 0 aliphatic rings. The van der Waals surface area contributed by atoms with E-state index in [1.165, 1.54) is 7.11 Å². The summed E-state index contributed by atoms with van der Waals surface area (Å²) in [5.74, 6) is -0.632. The lowest BCUT2D eigenvalue weighted by Gasteiger charge is -2.08. The number of hydrogen-bond donors (Lipinski definition) is 1. The largest absolute Gasteiger partial charge is 0.490 e. The topological polar surface area (TPSA) is 92.7 Å². The van der Waals surface area contributed by atoms with Gasteiger partial charge in [-0.05, 0) is 6.58 Å². The number of carbonyl (C=O) groups excluding carboxylic acids is 1. The summed E-state index contributed by atoms with van der Waals surface area (Å²) in [4.78, 5) is 11.1. The summed E-state index contributed by atoms with van der Waals surface area (Å²) in [7, 11) is 1.35. The zero-order valence-electron chi connectivity index (χ0n) is 13.1.